The van der Waals surface area contributed by atoms with Gasteiger partial charge in [0.15, 0.2) is 0 Å². The molecule has 0 aliphatic rings. The van der Waals surface area contributed by atoms with E-state index in [2.05, 4.69) is 37.2 Å². The van der Waals surface area contributed by atoms with E-state index in [-0.39, 0.29) is 33.9 Å². The van der Waals surface area contributed by atoms with Crippen molar-refractivity contribution >= 4 is 56.3 Å². The molecule has 10 heteroatoms. The molecular formula is C10H26F6I2Si2. The quantitative estimate of drug-likeness (QED) is 0.215. The van der Waals surface area contributed by atoms with E-state index in [9.17, 15) is 26.3 Å². The van der Waals surface area contributed by atoms with Crippen LogP contribution >= 0.6 is 37.2 Å². The minimum absolute atomic E-state index is 0. The average Bonchev–Trinajstić information content (AvgIpc) is 2.25. The summed E-state index contributed by atoms with van der Waals surface area (Å²) in [5.41, 5.74) is 0. The summed E-state index contributed by atoms with van der Waals surface area (Å²) in [6.07, 6.45) is -8.97. The Balaban J connectivity index is -0.0000000611. The molecule has 0 aromatic rings. The van der Waals surface area contributed by atoms with Gasteiger partial charge in [0.2, 0.25) is 0 Å². The number of alkyl halides is 6. The van der Waals surface area contributed by atoms with Gasteiger partial charge >= 0.3 is 12.4 Å². The van der Waals surface area contributed by atoms with E-state index in [1.807, 2.05) is 13.1 Å². The zero-order valence-electron chi connectivity index (χ0n) is 10.3. The normalized spacial score (nSPS) is 11.1. The Morgan fingerprint density at radius 1 is 0.700 bits per heavy atom. The molecule has 0 nitrogen and oxygen atoms in total. The second-order valence-corrected chi connectivity index (χ2v) is 6.85. The third kappa shape index (κ3) is 50.5. The lowest BCUT2D eigenvalue weighted by atomic mass is 10.5. The van der Waals surface area contributed by atoms with Gasteiger partial charge in [0.25, 0.3) is 0 Å². The van der Waals surface area contributed by atoms with Crippen molar-refractivity contribution in [2.75, 3.05) is 0 Å². The monoisotopic (exact) mass is 570 g/mol. The van der Waals surface area contributed by atoms with E-state index >= 15 is 0 Å². The zero-order chi connectivity index (χ0) is 15.2. The topological polar surface area (TPSA) is 0 Å². The van der Waals surface area contributed by atoms with Crippen LogP contribution in [0, 0.1) is 0 Å². The van der Waals surface area contributed by atoms with Gasteiger partial charge in [-0.05, 0) is 0 Å². The summed E-state index contributed by atoms with van der Waals surface area (Å²) in [5, 5.41) is 0. The van der Waals surface area contributed by atoms with Crippen LogP contribution in [0.4, 0.5) is 26.3 Å². The summed E-state index contributed by atoms with van der Waals surface area (Å²) in [5.74, 6) is 0. The van der Waals surface area contributed by atoms with E-state index in [1.54, 1.807) is 0 Å². The molecule has 0 spiro atoms. The largest absolute Gasteiger partial charge is 0.388 e. The molecule has 0 saturated heterocycles. The Bertz CT molecular complexity index is 147. The van der Waals surface area contributed by atoms with Crippen molar-refractivity contribution in [3.8, 4) is 0 Å². The second-order valence-electron chi connectivity index (χ2n) is 3.44. The molecule has 0 rings (SSSR count). The Hall–Kier alpha value is 1.47. The van der Waals surface area contributed by atoms with E-state index in [4.69, 9.17) is 0 Å². The molecule has 0 aromatic carbocycles. The zero-order valence-corrected chi connectivity index (χ0v) is 17.4. The lowest BCUT2D eigenvalue weighted by Crippen LogP contribution is -2.06. The maximum absolute atomic E-state index is 11.3. The minimum atomic E-state index is -3.91. The molecule has 0 N–H and O–H groups in total. The van der Waals surface area contributed by atoms with Crippen LogP contribution in [0.25, 0.3) is 0 Å². The Labute approximate surface area is 147 Å². The van der Waals surface area contributed by atoms with E-state index in [0.717, 1.165) is 0 Å². The molecule has 0 aromatic heterocycles. The van der Waals surface area contributed by atoms with E-state index < -0.39 is 25.2 Å². The smallest absolute Gasteiger partial charge is 0.171 e. The predicted octanol–water partition coefficient (Wildman–Crippen LogP) is 6.19. The molecule has 0 amide bonds. The van der Waals surface area contributed by atoms with Gasteiger partial charge in [-0.2, -0.15) is 26.3 Å². The molecule has 0 unspecified atom stereocenters. The summed E-state index contributed by atoms with van der Waals surface area (Å²) in [6.45, 7) is 3.76. The van der Waals surface area contributed by atoms with Gasteiger partial charge in [-0.15, -0.1) is 0 Å². The average molecular weight is 570 g/mol. The van der Waals surface area contributed by atoms with Crippen molar-refractivity contribution in [2.24, 2.45) is 0 Å². The highest BCUT2D eigenvalue weighted by molar-refractivity contribution is 15.0. The van der Waals surface area contributed by atoms with Gasteiger partial charge in [-0.1, -0.05) is 40.0 Å². The standard InChI is InChI=1S/2C4H9F3Si.2CH4.I2/c2*1-8-3-2-4(5,6)7;;;1-2/h2*2-3,8H2,1H3;2*1H4;. The van der Waals surface area contributed by atoms with Crippen molar-refractivity contribution in [3.05, 3.63) is 0 Å². The third-order valence-electron chi connectivity index (χ3n) is 1.63. The SMILES string of the molecule is C.C.C[SiH2]CCC(F)(F)F.C[SiH2]CCC(F)(F)F.II. The number of halogens is 8. The van der Waals surface area contributed by atoms with Crippen LogP contribution in [0.2, 0.25) is 25.2 Å². The van der Waals surface area contributed by atoms with Crippen LogP contribution in [-0.4, -0.2) is 31.4 Å². The van der Waals surface area contributed by atoms with Crippen LogP contribution in [0.15, 0.2) is 0 Å². The highest BCUT2D eigenvalue weighted by Gasteiger charge is 2.25. The first-order chi connectivity index (χ1) is 8.12. The minimum Gasteiger partial charge on any atom is -0.171 e. The fourth-order valence-corrected chi connectivity index (χ4v) is 2.26. The van der Waals surface area contributed by atoms with Crippen LogP contribution in [0.1, 0.15) is 27.7 Å². The fraction of sp³-hybridized carbons (Fsp3) is 1.00. The van der Waals surface area contributed by atoms with E-state index in [1.165, 1.54) is 0 Å². The summed E-state index contributed by atoms with van der Waals surface area (Å²) in [6, 6.07) is 0.785. The lowest BCUT2D eigenvalue weighted by molar-refractivity contribution is -0.131. The summed E-state index contributed by atoms with van der Waals surface area (Å²) >= 11 is 4.24. The molecule has 0 heterocycles. The Morgan fingerprint density at radius 3 is 0.950 bits per heavy atom. The number of hydrogen-bond donors (Lipinski definition) is 0. The van der Waals surface area contributed by atoms with Gasteiger partial charge in [-0.25, -0.2) is 0 Å². The molecule has 130 valence electrons. The molecule has 0 atom stereocenters. The molecule has 0 saturated carbocycles. The molecular weight excluding hydrogens is 544 g/mol. The molecule has 0 aliphatic carbocycles. The summed E-state index contributed by atoms with van der Waals surface area (Å²) in [4.78, 5) is 0. The lowest BCUT2D eigenvalue weighted by Gasteiger charge is -2.01. The van der Waals surface area contributed by atoms with Gasteiger partial charge in [0, 0.05) is 69.1 Å². The first kappa shape index (κ1) is 33.2. The number of rotatable bonds is 4. The summed E-state index contributed by atoms with van der Waals surface area (Å²) < 4.78 is 67.6. The van der Waals surface area contributed by atoms with Crippen molar-refractivity contribution < 1.29 is 26.3 Å². The third-order valence-corrected chi connectivity index (χ3v) is 3.75. The molecule has 0 fully saturated rings. The van der Waals surface area contributed by atoms with Crippen LogP contribution in [0.5, 0.6) is 0 Å². The van der Waals surface area contributed by atoms with Crippen LogP contribution in [0.3, 0.4) is 0 Å². The van der Waals surface area contributed by atoms with Crippen molar-refractivity contribution in [1.29, 1.82) is 0 Å². The summed E-state index contributed by atoms with van der Waals surface area (Å²) in [7, 11) is -0.772. The van der Waals surface area contributed by atoms with Gasteiger partial charge in [0.1, 0.15) is 0 Å². The maximum Gasteiger partial charge on any atom is 0.388 e. The molecule has 0 bridgehead atoms. The first-order valence-corrected chi connectivity index (χ1v) is 16.5. The van der Waals surface area contributed by atoms with Gasteiger partial charge in [0.05, 0.1) is 0 Å². The van der Waals surface area contributed by atoms with Crippen molar-refractivity contribution in [3.63, 3.8) is 0 Å². The van der Waals surface area contributed by atoms with Crippen LogP contribution in [-0.2, 0) is 0 Å². The van der Waals surface area contributed by atoms with Crippen molar-refractivity contribution in [1.82, 2.24) is 0 Å². The van der Waals surface area contributed by atoms with Crippen LogP contribution < -0.4 is 0 Å². The first-order valence-electron chi connectivity index (χ1n) is 5.40. The van der Waals surface area contributed by atoms with Crippen molar-refractivity contribution in [2.45, 2.75) is 65.2 Å². The molecule has 20 heavy (non-hydrogen) atoms. The van der Waals surface area contributed by atoms with E-state index in [0.29, 0.717) is 12.1 Å². The highest BCUT2D eigenvalue weighted by Crippen LogP contribution is 2.21. The second kappa shape index (κ2) is 20.5. The van der Waals surface area contributed by atoms with Gasteiger partial charge in [-0.3, -0.25) is 0 Å². The Morgan fingerprint density at radius 2 is 0.900 bits per heavy atom. The maximum atomic E-state index is 11.3. The van der Waals surface area contributed by atoms with Gasteiger partial charge < -0.3 is 0 Å². The fourth-order valence-electron chi connectivity index (χ4n) is 0.754. The molecule has 0 radical (unpaired) electrons. The Kier molecular flexibility index (Phi) is 34.0. The predicted molar refractivity (Wildman–Crippen MR) is 101 cm³/mol. The highest BCUT2D eigenvalue weighted by atomic mass is 128. The molecule has 0 aliphatic heterocycles. The number of hydrogen-bond acceptors (Lipinski definition) is 0.